The second-order valence-corrected chi connectivity index (χ2v) is 3.58. The molecule has 0 spiro atoms. The summed E-state index contributed by atoms with van der Waals surface area (Å²) in [6.07, 6.45) is 0.743. The van der Waals surface area contributed by atoms with E-state index in [1.165, 1.54) is 17.1 Å². The van der Waals surface area contributed by atoms with Crippen molar-refractivity contribution in [2.24, 2.45) is 0 Å². The number of hydrogen-bond acceptors (Lipinski definition) is 3. The summed E-state index contributed by atoms with van der Waals surface area (Å²) in [5, 5.41) is 10.6. The average Bonchev–Trinajstić information content (AvgIpc) is 2.67. The highest BCUT2D eigenvalue weighted by atomic mass is 32.1. The molecule has 0 aliphatic heterocycles. The minimum atomic E-state index is 0.693. The predicted octanol–water partition coefficient (Wildman–Crippen LogP) is 2.61. The van der Waals surface area contributed by atoms with Crippen LogP contribution in [0.15, 0.2) is 35.7 Å². The molecule has 1 heterocycles. The Hall–Kier alpha value is -1.66. The van der Waals surface area contributed by atoms with Crippen LogP contribution in [0.4, 0.5) is 0 Å². The van der Waals surface area contributed by atoms with Gasteiger partial charge in [-0.3, -0.25) is 0 Å². The Morgan fingerprint density at radius 3 is 2.79 bits per heavy atom. The van der Waals surface area contributed by atoms with Crippen LogP contribution in [0.1, 0.15) is 16.8 Å². The predicted molar refractivity (Wildman–Crippen MR) is 56.1 cm³/mol. The lowest BCUT2D eigenvalue weighted by Crippen LogP contribution is -1.90. The first-order valence-electron chi connectivity index (χ1n) is 4.27. The van der Waals surface area contributed by atoms with Gasteiger partial charge in [0.15, 0.2) is 0 Å². The Bertz CT molecular complexity index is 454. The largest absolute Gasteiger partial charge is 0.196 e. The van der Waals surface area contributed by atoms with Gasteiger partial charge in [0.05, 0.1) is 11.3 Å². The maximum atomic E-state index is 8.80. The van der Waals surface area contributed by atoms with Gasteiger partial charge in [-0.1, -0.05) is 30.3 Å². The van der Waals surface area contributed by atoms with Crippen LogP contribution in [0.2, 0.25) is 0 Å². The molecule has 3 heteroatoms. The second kappa shape index (κ2) is 4.03. The molecular weight excluding hydrogens is 192 g/mol. The summed E-state index contributed by atoms with van der Waals surface area (Å²) >= 11 is 1.34. The number of hydrogen-bond donors (Lipinski definition) is 0. The molecule has 0 aliphatic rings. The van der Waals surface area contributed by atoms with E-state index in [2.05, 4.69) is 10.4 Å². The topological polar surface area (TPSA) is 36.7 Å². The SMILES string of the molecule is N#Cc1csnc1Cc1ccccc1. The molecule has 0 unspecified atom stereocenters. The highest BCUT2D eigenvalue weighted by molar-refractivity contribution is 7.03. The van der Waals surface area contributed by atoms with Crippen molar-refractivity contribution in [2.45, 2.75) is 6.42 Å². The molecule has 2 aromatic rings. The molecule has 14 heavy (non-hydrogen) atoms. The molecule has 0 bridgehead atoms. The van der Waals surface area contributed by atoms with Crippen LogP contribution in [-0.2, 0) is 6.42 Å². The minimum Gasteiger partial charge on any atom is -0.196 e. The van der Waals surface area contributed by atoms with Crippen molar-refractivity contribution in [3.8, 4) is 6.07 Å². The molecule has 1 aromatic heterocycles. The molecule has 0 N–H and O–H groups in total. The fraction of sp³-hybridized carbons (Fsp3) is 0.0909. The highest BCUT2D eigenvalue weighted by Crippen LogP contribution is 2.13. The molecule has 68 valence electrons. The van der Waals surface area contributed by atoms with Gasteiger partial charge in [0.25, 0.3) is 0 Å². The van der Waals surface area contributed by atoms with E-state index in [1.54, 1.807) is 5.38 Å². The number of benzene rings is 1. The molecule has 0 fully saturated rings. The van der Waals surface area contributed by atoms with E-state index in [9.17, 15) is 0 Å². The van der Waals surface area contributed by atoms with Crippen LogP contribution >= 0.6 is 11.5 Å². The van der Waals surface area contributed by atoms with Gasteiger partial charge >= 0.3 is 0 Å². The normalized spacial score (nSPS) is 9.64. The first-order valence-corrected chi connectivity index (χ1v) is 5.11. The van der Waals surface area contributed by atoms with E-state index in [-0.39, 0.29) is 0 Å². The van der Waals surface area contributed by atoms with E-state index in [0.717, 1.165) is 12.1 Å². The molecule has 0 atom stereocenters. The van der Waals surface area contributed by atoms with Gasteiger partial charge in [-0.2, -0.15) is 9.64 Å². The number of nitrogens with zero attached hydrogens (tertiary/aromatic N) is 2. The Balaban J connectivity index is 2.24. The summed E-state index contributed by atoms with van der Waals surface area (Å²) in [4.78, 5) is 0. The average molecular weight is 200 g/mol. The Morgan fingerprint density at radius 2 is 2.07 bits per heavy atom. The molecule has 0 saturated heterocycles. The summed E-state index contributed by atoms with van der Waals surface area (Å²) in [6, 6.07) is 12.2. The zero-order valence-corrected chi connectivity index (χ0v) is 8.29. The van der Waals surface area contributed by atoms with E-state index >= 15 is 0 Å². The zero-order chi connectivity index (χ0) is 9.80. The first kappa shape index (κ1) is 8.92. The summed E-state index contributed by atoms with van der Waals surface area (Å²) in [5.74, 6) is 0. The first-order chi connectivity index (χ1) is 6.90. The molecule has 1 aromatic carbocycles. The van der Waals surface area contributed by atoms with E-state index in [4.69, 9.17) is 5.26 Å². The quantitative estimate of drug-likeness (QED) is 0.747. The molecule has 0 radical (unpaired) electrons. The smallest absolute Gasteiger partial charge is 0.102 e. The lowest BCUT2D eigenvalue weighted by molar-refractivity contribution is 1.12. The Labute approximate surface area is 86.6 Å². The Kier molecular flexibility index (Phi) is 2.57. The van der Waals surface area contributed by atoms with Crippen LogP contribution < -0.4 is 0 Å². The second-order valence-electron chi connectivity index (χ2n) is 2.95. The van der Waals surface area contributed by atoms with Gasteiger partial charge < -0.3 is 0 Å². The maximum absolute atomic E-state index is 8.80. The van der Waals surface area contributed by atoms with E-state index in [0.29, 0.717) is 5.56 Å². The van der Waals surface area contributed by atoms with Gasteiger partial charge in [-0.05, 0) is 17.1 Å². The van der Waals surface area contributed by atoms with E-state index in [1.807, 2.05) is 30.3 Å². The fourth-order valence-electron chi connectivity index (χ4n) is 1.27. The summed E-state index contributed by atoms with van der Waals surface area (Å²) < 4.78 is 4.20. The minimum absolute atomic E-state index is 0.693. The fourth-order valence-corrected chi connectivity index (χ4v) is 1.90. The third-order valence-electron chi connectivity index (χ3n) is 1.98. The summed E-state index contributed by atoms with van der Waals surface area (Å²) in [7, 11) is 0. The van der Waals surface area contributed by atoms with Crippen LogP contribution in [0, 0.1) is 11.3 Å². The number of aromatic nitrogens is 1. The summed E-state index contributed by atoms with van der Waals surface area (Å²) in [6.45, 7) is 0. The van der Waals surface area contributed by atoms with Crippen molar-refractivity contribution in [3.63, 3.8) is 0 Å². The van der Waals surface area contributed by atoms with Crippen molar-refractivity contribution >= 4 is 11.5 Å². The van der Waals surface area contributed by atoms with Crippen molar-refractivity contribution in [1.29, 1.82) is 5.26 Å². The third kappa shape index (κ3) is 1.81. The molecule has 2 rings (SSSR count). The van der Waals surface area contributed by atoms with Gasteiger partial charge in [-0.15, -0.1) is 0 Å². The molecule has 2 nitrogen and oxygen atoms in total. The highest BCUT2D eigenvalue weighted by Gasteiger charge is 2.05. The van der Waals surface area contributed by atoms with Gasteiger partial charge in [0.1, 0.15) is 6.07 Å². The number of rotatable bonds is 2. The van der Waals surface area contributed by atoms with Crippen molar-refractivity contribution in [1.82, 2.24) is 4.37 Å². The van der Waals surface area contributed by atoms with Crippen LogP contribution in [0.3, 0.4) is 0 Å². The van der Waals surface area contributed by atoms with E-state index < -0.39 is 0 Å². The van der Waals surface area contributed by atoms with Crippen molar-refractivity contribution < 1.29 is 0 Å². The lowest BCUT2D eigenvalue weighted by Gasteiger charge is -1.97. The maximum Gasteiger partial charge on any atom is 0.102 e. The van der Waals surface area contributed by atoms with Crippen LogP contribution in [-0.4, -0.2) is 4.37 Å². The molecule has 0 saturated carbocycles. The van der Waals surface area contributed by atoms with Crippen LogP contribution in [0.25, 0.3) is 0 Å². The third-order valence-corrected chi connectivity index (χ3v) is 2.65. The van der Waals surface area contributed by atoms with Gasteiger partial charge in [-0.25, -0.2) is 0 Å². The zero-order valence-electron chi connectivity index (χ0n) is 7.47. The van der Waals surface area contributed by atoms with Gasteiger partial charge in [0.2, 0.25) is 0 Å². The molecular formula is C11H8N2S. The van der Waals surface area contributed by atoms with Crippen LogP contribution in [0.5, 0.6) is 0 Å². The van der Waals surface area contributed by atoms with Crippen molar-refractivity contribution in [2.75, 3.05) is 0 Å². The molecule has 0 aliphatic carbocycles. The lowest BCUT2D eigenvalue weighted by atomic mass is 10.1. The number of nitriles is 1. The van der Waals surface area contributed by atoms with Crippen molar-refractivity contribution in [3.05, 3.63) is 52.5 Å². The monoisotopic (exact) mass is 200 g/mol. The standard InChI is InChI=1S/C11H8N2S/c12-7-10-8-14-13-11(10)6-9-4-2-1-3-5-9/h1-5,8H,6H2. The molecule has 0 amide bonds. The van der Waals surface area contributed by atoms with Gasteiger partial charge in [0, 0.05) is 11.8 Å². The Morgan fingerprint density at radius 1 is 1.29 bits per heavy atom. The summed E-state index contributed by atoms with van der Waals surface area (Å²) in [5.41, 5.74) is 2.76.